The molecule has 142 valence electrons. The first-order chi connectivity index (χ1) is 13.0. The molecular weight excluding hydrogens is 352 g/mol. The van der Waals surface area contributed by atoms with Crippen molar-refractivity contribution in [2.75, 3.05) is 23.3 Å². The molecule has 0 amide bonds. The van der Waals surface area contributed by atoms with E-state index in [2.05, 4.69) is 78.8 Å². The zero-order valence-corrected chi connectivity index (χ0v) is 17.4. The number of hydrogen-bond acceptors (Lipinski definition) is 3. The minimum Gasteiger partial charge on any atom is -0.372 e. The molecule has 2 N–H and O–H groups in total. The van der Waals surface area contributed by atoms with Gasteiger partial charge in [-0.3, -0.25) is 5.43 Å². The summed E-state index contributed by atoms with van der Waals surface area (Å²) in [5.41, 5.74) is 11.4. The Bertz CT molecular complexity index is 850. The maximum atomic E-state index is 5.39. The number of nitrogens with zero attached hydrogens (tertiary/aromatic N) is 2. The summed E-state index contributed by atoms with van der Waals surface area (Å²) in [5, 5.41) is 8.06. The Morgan fingerprint density at radius 3 is 2.63 bits per heavy atom. The zero-order valence-electron chi connectivity index (χ0n) is 16.6. The van der Waals surface area contributed by atoms with Crippen molar-refractivity contribution in [3.05, 3.63) is 58.1 Å². The molecule has 0 radical (unpaired) electrons. The summed E-state index contributed by atoms with van der Waals surface area (Å²) in [6.07, 6.45) is 4.17. The van der Waals surface area contributed by atoms with Crippen LogP contribution < -0.4 is 15.6 Å². The Labute approximate surface area is 167 Å². The smallest absolute Gasteiger partial charge is 0.191 e. The van der Waals surface area contributed by atoms with Gasteiger partial charge in [-0.2, -0.15) is 5.10 Å². The van der Waals surface area contributed by atoms with E-state index in [1.54, 1.807) is 0 Å². The van der Waals surface area contributed by atoms with Crippen molar-refractivity contribution in [3.8, 4) is 0 Å². The molecule has 2 aromatic carbocycles. The first-order valence-electron chi connectivity index (χ1n) is 9.53. The number of nitrogens with one attached hydrogen (secondary N) is 2. The van der Waals surface area contributed by atoms with Gasteiger partial charge in [-0.25, -0.2) is 0 Å². The van der Waals surface area contributed by atoms with Crippen LogP contribution in [0.25, 0.3) is 0 Å². The molecule has 1 aliphatic rings. The maximum Gasteiger partial charge on any atom is 0.191 e. The van der Waals surface area contributed by atoms with E-state index in [0.29, 0.717) is 5.11 Å². The second-order valence-corrected chi connectivity index (χ2v) is 7.58. The number of anilines is 2. The van der Waals surface area contributed by atoms with Crippen LogP contribution >= 0.6 is 12.2 Å². The van der Waals surface area contributed by atoms with Gasteiger partial charge >= 0.3 is 0 Å². The fourth-order valence-electron chi connectivity index (χ4n) is 3.79. The van der Waals surface area contributed by atoms with E-state index in [9.17, 15) is 0 Å². The Hall–Kier alpha value is -2.40. The van der Waals surface area contributed by atoms with Crippen LogP contribution in [0.3, 0.4) is 0 Å². The summed E-state index contributed by atoms with van der Waals surface area (Å²) in [6, 6.07) is 10.8. The van der Waals surface area contributed by atoms with Crippen molar-refractivity contribution in [2.24, 2.45) is 5.10 Å². The number of hydrogen-bond donors (Lipinski definition) is 2. The van der Waals surface area contributed by atoms with Gasteiger partial charge in [0, 0.05) is 24.5 Å². The Kier molecular flexibility index (Phi) is 6.11. The van der Waals surface area contributed by atoms with E-state index in [-0.39, 0.29) is 0 Å². The molecule has 0 bridgehead atoms. The molecule has 27 heavy (non-hydrogen) atoms. The van der Waals surface area contributed by atoms with Gasteiger partial charge in [-0.1, -0.05) is 23.8 Å². The van der Waals surface area contributed by atoms with Gasteiger partial charge in [0.25, 0.3) is 0 Å². The minimum absolute atomic E-state index is 0.497. The maximum absolute atomic E-state index is 5.39. The lowest BCUT2D eigenvalue weighted by molar-refractivity contribution is 0.708. The van der Waals surface area contributed by atoms with Crippen molar-refractivity contribution >= 4 is 34.9 Å². The molecule has 2 aromatic rings. The molecule has 3 rings (SSSR count). The summed E-state index contributed by atoms with van der Waals surface area (Å²) >= 11 is 5.39. The molecule has 0 saturated heterocycles. The fraction of sp³-hybridized carbons (Fsp3) is 0.364. The molecular formula is C22H28N4S. The molecule has 1 aliphatic heterocycles. The van der Waals surface area contributed by atoms with Crippen LogP contribution in [0.2, 0.25) is 0 Å². The zero-order chi connectivity index (χ0) is 19.4. The van der Waals surface area contributed by atoms with Gasteiger partial charge < -0.3 is 10.2 Å². The molecule has 0 spiro atoms. The van der Waals surface area contributed by atoms with Gasteiger partial charge in [0.05, 0.1) is 6.21 Å². The Balaban J connectivity index is 1.63. The average molecular weight is 381 g/mol. The van der Waals surface area contributed by atoms with Crippen LogP contribution in [0.5, 0.6) is 0 Å². The van der Waals surface area contributed by atoms with Gasteiger partial charge in [-0.15, -0.1) is 0 Å². The number of aryl methyl sites for hydroxylation is 4. The lowest BCUT2D eigenvalue weighted by Crippen LogP contribution is -2.28. The highest BCUT2D eigenvalue weighted by Crippen LogP contribution is 2.27. The van der Waals surface area contributed by atoms with E-state index in [1.807, 2.05) is 6.21 Å². The summed E-state index contributed by atoms with van der Waals surface area (Å²) in [5.74, 6) is 0. The molecule has 0 aromatic heterocycles. The van der Waals surface area contributed by atoms with E-state index >= 15 is 0 Å². The second-order valence-electron chi connectivity index (χ2n) is 7.17. The third-order valence-electron chi connectivity index (χ3n) is 5.00. The number of hydrazone groups is 1. The Morgan fingerprint density at radius 2 is 1.93 bits per heavy atom. The summed E-state index contributed by atoms with van der Waals surface area (Å²) in [4.78, 5) is 2.43. The monoisotopic (exact) mass is 380 g/mol. The number of benzene rings is 2. The molecule has 0 unspecified atom stereocenters. The predicted molar refractivity (Wildman–Crippen MR) is 120 cm³/mol. The molecule has 5 heteroatoms. The largest absolute Gasteiger partial charge is 0.372 e. The quantitative estimate of drug-likeness (QED) is 0.458. The Morgan fingerprint density at radius 1 is 1.19 bits per heavy atom. The van der Waals surface area contributed by atoms with E-state index in [1.165, 1.54) is 34.4 Å². The van der Waals surface area contributed by atoms with Crippen LogP contribution in [-0.4, -0.2) is 24.4 Å². The molecule has 0 atom stereocenters. The van der Waals surface area contributed by atoms with Gasteiger partial charge in [0.1, 0.15) is 0 Å². The van der Waals surface area contributed by atoms with Crippen LogP contribution in [0.4, 0.5) is 11.4 Å². The highest BCUT2D eigenvalue weighted by atomic mass is 32.1. The van der Waals surface area contributed by atoms with E-state index < -0.39 is 0 Å². The van der Waals surface area contributed by atoms with Gasteiger partial charge in [0.2, 0.25) is 0 Å². The van der Waals surface area contributed by atoms with Crippen LogP contribution in [0.1, 0.15) is 41.2 Å². The van der Waals surface area contributed by atoms with Crippen LogP contribution in [0, 0.1) is 20.8 Å². The third kappa shape index (κ3) is 4.66. The van der Waals surface area contributed by atoms with Crippen LogP contribution in [-0.2, 0) is 6.42 Å². The topological polar surface area (TPSA) is 39.7 Å². The lowest BCUT2D eigenvalue weighted by atomic mass is 9.99. The van der Waals surface area contributed by atoms with Gasteiger partial charge in [0.15, 0.2) is 5.11 Å². The third-order valence-corrected chi connectivity index (χ3v) is 5.19. The van der Waals surface area contributed by atoms with Crippen molar-refractivity contribution in [1.82, 2.24) is 5.43 Å². The number of fused-ring (bicyclic) bond motifs is 1. The summed E-state index contributed by atoms with van der Waals surface area (Å²) in [7, 11) is 0. The highest BCUT2D eigenvalue weighted by Gasteiger charge is 2.15. The SMILES string of the molecule is CCN1CCCc2cc(/C=N/NC(=S)Nc3c(C)cc(C)cc3C)ccc21. The van der Waals surface area contributed by atoms with Crippen LogP contribution in [0.15, 0.2) is 35.4 Å². The van der Waals surface area contributed by atoms with Crippen molar-refractivity contribution in [1.29, 1.82) is 0 Å². The number of thiocarbonyl (C=S) groups is 1. The lowest BCUT2D eigenvalue weighted by Gasteiger charge is -2.30. The van der Waals surface area contributed by atoms with Gasteiger partial charge in [-0.05, 0) is 87.1 Å². The first-order valence-corrected chi connectivity index (χ1v) is 9.94. The molecule has 0 fully saturated rings. The molecule has 0 aliphatic carbocycles. The normalized spacial score (nSPS) is 13.6. The van der Waals surface area contributed by atoms with E-state index in [0.717, 1.165) is 30.8 Å². The standard InChI is InChI=1S/C22H28N4S/c1-5-26-10-6-7-19-13-18(8-9-20(19)26)14-23-25-22(27)24-21-16(3)11-15(2)12-17(21)4/h8-9,11-14H,5-7,10H2,1-4H3,(H2,24,25,27)/b23-14+. The second kappa shape index (κ2) is 8.53. The van der Waals surface area contributed by atoms with Crippen molar-refractivity contribution < 1.29 is 0 Å². The van der Waals surface area contributed by atoms with E-state index in [4.69, 9.17) is 12.2 Å². The minimum atomic E-state index is 0.497. The fourth-order valence-corrected chi connectivity index (χ4v) is 3.94. The number of rotatable bonds is 4. The molecule has 1 heterocycles. The average Bonchev–Trinajstić information content (AvgIpc) is 2.64. The predicted octanol–water partition coefficient (Wildman–Crippen LogP) is 4.70. The summed E-state index contributed by atoms with van der Waals surface area (Å²) < 4.78 is 0. The highest BCUT2D eigenvalue weighted by molar-refractivity contribution is 7.80. The first kappa shape index (κ1) is 19.4. The molecule has 4 nitrogen and oxygen atoms in total. The van der Waals surface area contributed by atoms with Crippen molar-refractivity contribution in [2.45, 2.75) is 40.5 Å². The van der Waals surface area contributed by atoms with Crippen molar-refractivity contribution in [3.63, 3.8) is 0 Å². The summed E-state index contributed by atoms with van der Waals surface area (Å²) in [6.45, 7) is 10.7. The molecule has 0 saturated carbocycles.